The number of rotatable bonds is 3. The van der Waals surface area contributed by atoms with Crippen molar-refractivity contribution in [2.24, 2.45) is 0 Å². The van der Waals surface area contributed by atoms with Crippen molar-refractivity contribution in [2.45, 2.75) is 25.8 Å². The number of hydrogen-bond acceptors (Lipinski definition) is 4. The Morgan fingerprint density at radius 3 is 2.80 bits per heavy atom. The van der Waals surface area contributed by atoms with Crippen LogP contribution in [0.2, 0.25) is 0 Å². The van der Waals surface area contributed by atoms with E-state index in [1.54, 1.807) is 0 Å². The monoisotopic (exact) mass is 266 g/mol. The highest BCUT2D eigenvalue weighted by atomic mass is 15.6. The number of aromatic nitrogens is 6. The molecule has 0 atom stereocenters. The molecule has 20 heavy (non-hydrogen) atoms. The van der Waals surface area contributed by atoms with Crippen LogP contribution in [0.25, 0.3) is 5.82 Å². The Hall–Kier alpha value is -2.50. The number of benzene rings is 1. The first kappa shape index (κ1) is 11.3. The molecule has 0 amide bonds. The molecule has 0 bridgehead atoms. The van der Waals surface area contributed by atoms with E-state index in [-0.39, 0.29) is 0 Å². The molecular weight excluding hydrogens is 252 g/mol. The van der Waals surface area contributed by atoms with E-state index in [1.807, 2.05) is 6.07 Å². The molecule has 100 valence electrons. The normalized spacial score (nSPS) is 13.6. The minimum absolute atomic E-state index is 0.790. The Morgan fingerprint density at radius 2 is 2.00 bits per heavy atom. The number of tetrazole rings is 1. The van der Waals surface area contributed by atoms with E-state index in [0.717, 1.165) is 25.2 Å². The molecule has 1 aliphatic carbocycles. The van der Waals surface area contributed by atoms with Gasteiger partial charge in [0.15, 0.2) is 6.33 Å². The molecule has 6 nitrogen and oxygen atoms in total. The zero-order chi connectivity index (χ0) is 13.4. The van der Waals surface area contributed by atoms with Crippen molar-refractivity contribution >= 4 is 0 Å². The van der Waals surface area contributed by atoms with Crippen LogP contribution < -0.4 is 0 Å². The van der Waals surface area contributed by atoms with Gasteiger partial charge in [0.2, 0.25) is 5.82 Å². The molecule has 0 fully saturated rings. The summed E-state index contributed by atoms with van der Waals surface area (Å²) in [7, 11) is 0. The lowest BCUT2D eigenvalue weighted by atomic mass is 10.2. The van der Waals surface area contributed by atoms with Crippen molar-refractivity contribution < 1.29 is 0 Å². The van der Waals surface area contributed by atoms with Gasteiger partial charge in [0.05, 0.1) is 6.54 Å². The van der Waals surface area contributed by atoms with Crippen molar-refractivity contribution in [2.75, 3.05) is 0 Å². The SMILES string of the molecule is c1ccc(Cn2nc(-n3ncnn3)c3c2CCC3)cc1. The first-order valence-corrected chi connectivity index (χ1v) is 6.77. The number of nitrogens with zero attached hydrogens (tertiary/aromatic N) is 6. The quantitative estimate of drug-likeness (QED) is 0.719. The molecule has 6 heteroatoms. The maximum atomic E-state index is 4.68. The Kier molecular flexibility index (Phi) is 2.58. The summed E-state index contributed by atoms with van der Waals surface area (Å²) in [6.07, 6.45) is 4.73. The van der Waals surface area contributed by atoms with Crippen LogP contribution in [0.1, 0.15) is 23.2 Å². The van der Waals surface area contributed by atoms with Crippen molar-refractivity contribution in [3.8, 4) is 5.82 Å². The van der Waals surface area contributed by atoms with Gasteiger partial charge < -0.3 is 0 Å². The molecule has 0 N–H and O–H groups in total. The van der Waals surface area contributed by atoms with Crippen LogP contribution in [0.15, 0.2) is 36.7 Å². The summed E-state index contributed by atoms with van der Waals surface area (Å²) in [5.74, 6) is 0.825. The molecule has 0 spiro atoms. The Morgan fingerprint density at radius 1 is 1.10 bits per heavy atom. The molecule has 0 saturated heterocycles. The van der Waals surface area contributed by atoms with E-state index in [1.165, 1.54) is 34.4 Å². The molecule has 1 aliphatic rings. The third-order valence-corrected chi connectivity index (χ3v) is 3.70. The highest BCUT2D eigenvalue weighted by molar-refractivity contribution is 5.39. The van der Waals surface area contributed by atoms with Gasteiger partial charge in [-0.1, -0.05) is 30.3 Å². The summed E-state index contributed by atoms with van der Waals surface area (Å²) < 4.78 is 2.08. The molecule has 0 radical (unpaired) electrons. The smallest absolute Gasteiger partial charge is 0.200 e. The van der Waals surface area contributed by atoms with Gasteiger partial charge >= 0.3 is 0 Å². The third-order valence-electron chi connectivity index (χ3n) is 3.70. The summed E-state index contributed by atoms with van der Waals surface area (Å²) in [6.45, 7) is 0.790. The summed E-state index contributed by atoms with van der Waals surface area (Å²) in [5.41, 5.74) is 3.82. The van der Waals surface area contributed by atoms with E-state index in [9.17, 15) is 0 Å². The fourth-order valence-corrected chi connectivity index (χ4v) is 2.80. The minimum Gasteiger partial charge on any atom is -0.263 e. The summed E-state index contributed by atoms with van der Waals surface area (Å²) in [6, 6.07) is 10.4. The highest BCUT2D eigenvalue weighted by Gasteiger charge is 2.24. The lowest BCUT2D eigenvalue weighted by molar-refractivity contribution is 0.612. The zero-order valence-electron chi connectivity index (χ0n) is 11.0. The molecule has 2 aromatic heterocycles. The zero-order valence-corrected chi connectivity index (χ0v) is 11.0. The molecule has 0 aliphatic heterocycles. The van der Waals surface area contributed by atoms with Crippen LogP contribution in [0.3, 0.4) is 0 Å². The van der Waals surface area contributed by atoms with Crippen molar-refractivity contribution in [3.05, 3.63) is 53.5 Å². The predicted octanol–water partition coefficient (Wildman–Crippen LogP) is 1.40. The van der Waals surface area contributed by atoms with Gasteiger partial charge in [0.25, 0.3) is 0 Å². The number of hydrogen-bond donors (Lipinski definition) is 0. The van der Waals surface area contributed by atoms with Gasteiger partial charge in [-0.05, 0) is 30.0 Å². The fraction of sp³-hybridized carbons (Fsp3) is 0.286. The lowest BCUT2D eigenvalue weighted by Gasteiger charge is -2.05. The van der Waals surface area contributed by atoms with E-state index in [2.05, 4.69) is 49.5 Å². The van der Waals surface area contributed by atoms with Crippen LogP contribution in [0.4, 0.5) is 0 Å². The molecule has 0 unspecified atom stereocenters. The third kappa shape index (κ3) is 1.80. The molecule has 4 rings (SSSR count). The van der Waals surface area contributed by atoms with Gasteiger partial charge in [-0.25, -0.2) is 0 Å². The summed E-state index contributed by atoms with van der Waals surface area (Å²) in [4.78, 5) is 1.52. The molecular formula is C14H14N6. The summed E-state index contributed by atoms with van der Waals surface area (Å²) in [5, 5.41) is 16.5. The van der Waals surface area contributed by atoms with E-state index in [0.29, 0.717) is 0 Å². The van der Waals surface area contributed by atoms with E-state index < -0.39 is 0 Å². The molecule has 3 aromatic rings. The van der Waals surface area contributed by atoms with Crippen LogP contribution in [-0.4, -0.2) is 30.0 Å². The predicted molar refractivity (Wildman–Crippen MR) is 72.5 cm³/mol. The number of fused-ring (bicyclic) bond motifs is 1. The van der Waals surface area contributed by atoms with Crippen LogP contribution >= 0.6 is 0 Å². The maximum Gasteiger partial charge on any atom is 0.200 e. The van der Waals surface area contributed by atoms with Gasteiger partial charge in [0, 0.05) is 11.3 Å². The average Bonchev–Trinajstić information content (AvgIpc) is 3.18. The van der Waals surface area contributed by atoms with Crippen LogP contribution in [0.5, 0.6) is 0 Å². The largest absolute Gasteiger partial charge is 0.263 e. The second kappa shape index (κ2) is 4.56. The van der Waals surface area contributed by atoms with E-state index >= 15 is 0 Å². The standard InChI is InChI=1S/C14H14N6/c1-2-5-11(6-3-1)9-19-13-8-4-7-12(13)14(17-19)20-16-10-15-18-20/h1-3,5-6,10H,4,7-9H2. The molecule has 2 heterocycles. The first-order chi connectivity index (χ1) is 9.92. The lowest BCUT2D eigenvalue weighted by Crippen LogP contribution is -2.07. The Bertz CT molecular complexity index is 714. The van der Waals surface area contributed by atoms with E-state index in [4.69, 9.17) is 0 Å². The van der Waals surface area contributed by atoms with Gasteiger partial charge in [-0.2, -0.15) is 5.10 Å². The fourth-order valence-electron chi connectivity index (χ4n) is 2.80. The highest BCUT2D eigenvalue weighted by Crippen LogP contribution is 2.27. The molecule has 0 saturated carbocycles. The summed E-state index contributed by atoms with van der Waals surface area (Å²) >= 11 is 0. The van der Waals surface area contributed by atoms with Crippen molar-refractivity contribution in [1.29, 1.82) is 0 Å². The van der Waals surface area contributed by atoms with Crippen LogP contribution in [0, 0.1) is 0 Å². The first-order valence-electron chi connectivity index (χ1n) is 6.77. The van der Waals surface area contributed by atoms with Crippen LogP contribution in [-0.2, 0) is 19.4 Å². The second-order valence-electron chi connectivity index (χ2n) is 4.97. The van der Waals surface area contributed by atoms with Gasteiger partial charge in [0.1, 0.15) is 0 Å². The van der Waals surface area contributed by atoms with Crippen molar-refractivity contribution in [3.63, 3.8) is 0 Å². The Labute approximate surface area is 116 Å². The maximum absolute atomic E-state index is 4.68. The topological polar surface area (TPSA) is 61.4 Å². The average molecular weight is 266 g/mol. The Balaban J connectivity index is 1.76. The molecule has 1 aromatic carbocycles. The minimum atomic E-state index is 0.790. The van der Waals surface area contributed by atoms with Crippen molar-refractivity contribution in [1.82, 2.24) is 30.0 Å². The van der Waals surface area contributed by atoms with Gasteiger partial charge in [-0.3, -0.25) is 4.68 Å². The second-order valence-corrected chi connectivity index (χ2v) is 4.97. The van der Waals surface area contributed by atoms with Gasteiger partial charge in [-0.15, -0.1) is 15.0 Å².